The zero-order valence-electron chi connectivity index (χ0n) is 9.95. The molecule has 0 radical (unpaired) electrons. The Bertz CT molecular complexity index is 285. The molecule has 2 rings (SSSR count). The fourth-order valence-electron chi connectivity index (χ4n) is 2.62. The summed E-state index contributed by atoms with van der Waals surface area (Å²) in [6.45, 7) is 5.09. The van der Waals surface area contributed by atoms with E-state index in [4.69, 9.17) is 0 Å². The quantitative estimate of drug-likeness (QED) is 0.698. The standard InChI is InChI=1S/C12H20N2O2/c1-2-13-9-10(8-11(13)15)12(16)14-6-4-3-5-7-14/h10H,2-9H2,1H3. The molecule has 4 nitrogen and oxygen atoms in total. The van der Waals surface area contributed by atoms with Crippen molar-refractivity contribution in [1.82, 2.24) is 9.80 Å². The van der Waals surface area contributed by atoms with Gasteiger partial charge in [0.15, 0.2) is 0 Å². The molecule has 2 aliphatic heterocycles. The SMILES string of the molecule is CCN1CC(C(=O)N2CCCCC2)CC1=O. The predicted molar refractivity (Wildman–Crippen MR) is 60.8 cm³/mol. The van der Waals surface area contributed by atoms with E-state index in [1.807, 2.05) is 11.8 Å². The Hall–Kier alpha value is -1.06. The van der Waals surface area contributed by atoms with E-state index in [0.717, 1.165) is 32.5 Å². The minimum Gasteiger partial charge on any atom is -0.342 e. The maximum atomic E-state index is 12.2. The minimum absolute atomic E-state index is 0.0782. The molecule has 1 unspecified atom stereocenters. The Morgan fingerprint density at radius 1 is 1.31 bits per heavy atom. The number of piperidine rings is 1. The number of hydrogen-bond acceptors (Lipinski definition) is 2. The van der Waals surface area contributed by atoms with Crippen LogP contribution in [0.5, 0.6) is 0 Å². The molecule has 0 bridgehead atoms. The lowest BCUT2D eigenvalue weighted by Crippen LogP contribution is -2.40. The first kappa shape index (κ1) is 11.4. The van der Waals surface area contributed by atoms with Crippen LogP contribution in [0, 0.1) is 5.92 Å². The molecular formula is C12H20N2O2. The number of carbonyl (C=O) groups is 2. The van der Waals surface area contributed by atoms with Crippen molar-refractivity contribution in [1.29, 1.82) is 0 Å². The molecule has 2 heterocycles. The number of amides is 2. The molecule has 2 aliphatic rings. The average molecular weight is 224 g/mol. The van der Waals surface area contributed by atoms with Crippen LogP contribution in [-0.4, -0.2) is 47.8 Å². The molecule has 2 fully saturated rings. The van der Waals surface area contributed by atoms with Gasteiger partial charge in [-0.15, -0.1) is 0 Å². The smallest absolute Gasteiger partial charge is 0.227 e. The van der Waals surface area contributed by atoms with E-state index < -0.39 is 0 Å². The van der Waals surface area contributed by atoms with Crippen molar-refractivity contribution in [2.75, 3.05) is 26.2 Å². The van der Waals surface area contributed by atoms with Crippen LogP contribution in [-0.2, 0) is 9.59 Å². The van der Waals surface area contributed by atoms with E-state index in [1.165, 1.54) is 6.42 Å². The van der Waals surface area contributed by atoms with Crippen molar-refractivity contribution in [2.24, 2.45) is 5.92 Å². The van der Waals surface area contributed by atoms with Crippen molar-refractivity contribution in [2.45, 2.75) is 32.6 Å². The topological polar surface area (TPSA) is 40.6 Å². The fourth-order valence-corrected chi connectivity index (χ4v) is 2.62. The van der Waals surface area contributed by atoms with Crippen molar-refractivity contribution < 1.29 is 9.59 Å². The van der Waals surface area contributed by atoms with Crippen molar-refractivity contribution in [3.05, 3.63) is 0 Å². The van der Waals surface area contributed by atoms with Gasteiger partial charge < -0.3 is 9.80 Å². The van der Waals surface area contributed by atoms with Gasteiger partial charge in [0, 0.05) is 32.6 Å². The van der Waals surface area contributed by atoms with Crippen molar-refractivity contribution in [3.8, 4) is 0 Å². The molecule has 0 aliphatic carbocycles. The summed E-state index contributed by atoms with van der Waals surface area (Å²) in [5.74, 6) is 0.257. The van der Waals surface area contributed by atoms with E-state index in [9.17, 15) is 9.59 Å². The van der Waals surface area contributed by atoms with Gasteiger partial charge in [0.25, 0.3) is 0 Å². The summed E-state index contributed by atoms with van der Waals surface area (Å²) in [4.78, 5) is 27.4. The zero-order valence-corrected chi connectivity index (χ0v) is 9.95. The van der Waals surface area contributed by atoms with Crippen LogP contribution in [0.1, 0.15) is 32.6 Å². The van der Waals surface area contributed by atoms with Gasteiger partial charge >= 0.3 is 0 Å². The Balaban J connectivity index is 1.92. The van der Waals surface area contributed by atoms with Gasteiger partial charge in [-0.1, -0.05) is 0 Å². The summed E-state index contributed by atoms with van der Waals surface area (Å²) in [6.07, 6.45) is 3.88. The maximum absolute atomic E-state index is 12.2. The largest absolute Gasteiger partial charge is 0.342 e. The first-order valence-electron chi connectivity index (χ1n) is 6.29. The van der Waals surface area contributed by atoms with Gasteiger partial charge in [-0.25, -0.2) is 0 Å². The number of rotatable bonds is 2. The highest BCUT2D eigenvalue weighted by Crippen LogP contribution is 2.21. The summed E-state index contributed by atoms with van der Waals surface area (Å²) in [5.41, 5.74) is 0. The van der Waals surface area contributed by atoms with Crippen LogP contribution in [0.15, 0.2) is 0 Å². The predicted octanol–water partition coefficient (Wildman–Crippen LogP) is 0.867. The first-order chi connectivity index (χ1) is 7.72. The molecule has 2 amide bonds. The summed E-state index contributed by atoms with van der Waals surface area (Å²) in [6, 6.07) is 0. The van der Waals surface area contributed by atoms with E-state index in [-0.39, 0.29) is 17.7 Å². The lowest BCUT2D eigenvalue weighted by atomic mass is 10.0. The van der Waals surface area contributed by atoms with E-state index in [0.29, 0.717) is 13.0 Å². The van der Waals surface area contributed by atoms with Crippen LogP contribution in [0.3, 0.4) is 0 Å². The summed E-state index contributed by atoms with van der Waals surface area (Å²) in [7, 11) is 0. The van der Waals surface area contributed by atoms with E-state index in [1.54, 1.807) is 4.90 Å². The maximum Gasteiger partial charge on any atom is 0.227 e. The molecule has 16 heavy (non-hydrogen) atoms. The molecule has 0 aromatic carbocycles. The van der Waals surface area contributed by atoms with Crippen LogP contribution in [0.25, 0.3) is 0 Å². The van der Waals surface area contributed by atoms with Gasteiger partial charge in [-0.3, -0.25) is 9.59 Å². The molecule has 0 spiro atoms. The lowest BCUT2D eigenvalue weighted by Gasteiger charge is -2.28. The molecule has 90 valence electrons. The van der Waals surface area contributed by atoms with Gasteiger partial charge in [0.1, 0.15) is 0 Å². The average Bonchev–Trinajstić information content (AvgIpc) is 2.71. The minimum atomic E-state index is -0.0782. The number of carbonyl (C=O) groups excluding carboxylic acids is 2. The number of likely N-dealkylation sites (tertiary alicyclic amines) is 2. The third-order valence-electron chi connectivity index (χ3n) is 3.61. The first-order valence-corrected chi connectivity index (χ1v) is 6.29. The Morgan fingerprint density at radius 2 is 2.00 bits per heavy atom. The third-order valence-corrected chi connectivity index (χ3v) is 3.61. The molecule has 0 aromatic rings. The molecular weight excluding hydrogens is 204 g/mol. The Kier molecular flexibility index (Phi) is 3.46. The van der Waals surface area contributed by atoms with Crippen LogP contribution < -0.4 is 0 Å². The second-order valence-electron chi connectivity index (χ2n) is 4.72. The zero-order chi connectivity index (χ0) is 11.5. The van der Waals surface area contributed by atoms with Gasteiger partial charge in [-0.05, 0) is 26.2 Å². The highest BCUT2D eigenvalue weighted by atomic mass is 16.2. The number of hydrogen-bond donors (Lipinski definition) is 0. The summed E-state index contributed by atoms with van der Waals surface area (Å²) >= 11 is 0. The Labute approximate surface area is 96.6 Å². The summed E-state index contributed by atoms with van der Waals surface area (Å²) in [5, 5.41) is 0. The molecule has 0 N–H and O–H groups in total. The third kappa shape index (κ3) is 2.20. The van der Waals surface area contributed by atoms with Gasteiger partial charge in [0.05, 0.1) is 5.92 Å². The molecule has 4 heteroatoms. The molecule has 2 saturated heterocycles. The van der Waals surface area contributed by atoms with E-state index >= 15 is 0 Å². The highest BCUT2D eigenvalue weighted by Gasteiger charge is 2.35. The highest BCUT2D eigenvalue weighted by molar-refractivity contribution is 5.89. The van der Waals surface area contributed by atoms with Gasteiger partial charge in [0.2, 0.25) is 11.8 Å². The molecule has 0 saturated carbocycles. The molecule has 1 atom stereocenters. The van der Waals surface area contributed by atoms with Crippen LogP contribution >= 0.6 is 0 Å². The normalized spacial score (nSPS) is 26.3. The lowest BCUT2D eigenvalue weighted by molar-refractivity contribution is -0.136. The second-order valence-corrected chi connectivity index (χ2v) is 4.72. The molecule has 0 aromatic heterocycles. The number of nitrogens with zero attached hydrogens (tertiary/aromatic N) is 2. The second kappa shape index (κ2) is 4.85. The van der Waals surface area contributed by atoms with Crippen molar-refractivity contribution >= 4 is 11.8 Å². The van der Waals surface area contributed by atoms with E-state index in [2.05, 4.69) is 0 Å². The van der Waals surface area contributed by atoms with Crippen LogP contribution in [0.2, 0.25) is 0 Å². The summed E-state index contributed by atoms with van der Waals surface area (Å²) < 4.78 is 0. The Morgan fingerprint density at radius 3 is 2.56 bits per heavy atom. The van der Waals surface area contributed by atoms with Gasteiger partial charge in [-0.2, -0.15) is 0 Å². The monoisotopic (exact) mass is 224 g/mol. The van der Waals surface area contributed by atoms with Crippen LogP contribution in [0.4, 0.5) is 0 Å². The van der Waals surface area contributed by atoms with Crippen molar-refractivity contribution in [3.63, 3.8) is 0 Å². The fraction of sp³-hybridized carbons (Fsp3) is 0.833.